The number of likely N-dealkylation sites (tertiary alicyclic amines) is 2. The zero-order valence-corrected chi connectivity index (χ0v) is 18.2. The third-order valence-electron chi connectivity index (χ3n) is 5.94. The van der Waals surface area contributed by atoms with Crippen molar-refractivity contribution in [2.75, 3.05) is 19.6 Å². The van der Waals surface area contributed by atoms with E-state index in [0.717, 1.165) is 62.4 Å². The first kappa shape index (κ1) is 20.6. The molecule has 1 aromatic heterocycles. The Bertz CT molecular complexity index is 898. The summed E-state index contributed by atoms with van der Waals surface area (Å²) >= 11 is 12.6. The van der Waals surface area contributed by atoms with Crippen LogP contribution in [-0.4, -0.2) is 45.3 Å². The van der Waals surface area contributed by atoms with Gasteiger partial charge in [-0.1, -0.05) is 35.3 Å². The third kappa shape index (κ3) is 4.42. The van der Waals surface area contributed by atoms with E-state index in [1.807, 2.05) is 24.0 Å². The molecule has 5 nitrogen and oxygen atoms in total. The molecule has 2 aliphatic heterocycles. The van der Waals surface area contributed by atoms with Gasteiger partial charge in [-0.15, -0.1) is 0 Å². The molecule has 7 heteroatoms. The molecule has 0 radical (unpaired) electrons. The van der Waals surface area contributed by atoms with Crippen molar-refractivity contribution < 1.29 is 4.79 Å². The second-order valence-electron chi connectivity index (χ2n) is 7.92. The van der Waals surface area contributed by atoms with Crippen molar-refractivity contribution in [3.8, 4) is 0 Å². The lowest BCUT2D eigenvalue weighted by Crippen LogP contribution is -2.36. The second-order valence-corrected chi connectivity index (χ2v) is 8.71. The van der Waals surface area contributed by atoms with Gasteiger partial charge in [0.1, 0.15) is 5.82 Å². The molecule has 3 heterocycles. The van der Waals surface area contributed by atoms with E-state index in [1.54, 1.807) is 12.3 Å². The van der Waals surface area contributed by atoms with E-state index < -0.39 is 0 Å². The van der Waals surface area contributed by atoms with Gasteiger partial charge in [-0.05, 0) is 57.2 Å². The molecule has 29 heavy (non-hydrogen) atoms. The van der Waals surface area contributed by atoms with Crippen molar-refractivity contribution >= 4 is 29.1 Å². The SMILES string of the molecule is Cc1nc([C@@H]2CCCN2Cc2cccc(Cl)c2Cl)ncc1C(=O)N1CCCCC1. The minimum atomic E-state index is 0.0581. The Morgan fingerprint density at radius 1 is 1.14 bits per heavy atom. The Morgan fingerprint density at radius 2 is 1.93 bits per heavy atom. The monoisotopic (exact) mass is 432 g/mol. The summed E-state index contributed by atoms with van der Waals surface area (Å²) in [6.45, 7) is 5.24. The standard InChI is InChI=1S/C22H26Cl2N4O/c1-15-17(22(29)27-10-3-2-4-11-27)13-25-21(26-15)19-9-6-12-28(19)14-16-7-5-8-18(23)20(16)24/h5,7-8,13,19H,2-4,6,9-12,14H2,1H3/t19-/m0/s1. The smallest absolute Gasteiger partial charge is 0.257 e. The number of carbonyl (C=O) groups excluding carboxylic acids is 1. The summed E-state index contributed by atoms with van der Waals surface area (Å²) in [5, 5.41) is 1.19. The summed E-state index contributed by atoms with van der Waals surface area (Å²) in [5.74, 6) is 0.844. The number of halogens is 2. The van der Waals surface area contributed by atoms with Gasteiger partial charge in [0.05, 0.1) is 27.3 Å². The van der Waals surface area contributed by atoms with Gasteiger partial charge in [-0.3, -0.25) is 9.69 Å². The minimum absolute atomic E-state index is 0.0581. The normalized spacial score (nSPS) is 20.2. The van der Waals surface area contributed by atoms with E-state index in [-0.39, 0.29) is 11.9 Å². The summed E-state index contributed by atoms with van der Waals surface area (Å²) in [7, 11) is 0. The fraction of sp³-hybridized carbons (Fsp3) is 0.500. The van der Waals surface area contributed by atoms with Crippen LogP contribution in [0.15, 0.2) is 24.4 Å². The highest BCUT2D eigenvalue weighted by atomic mass is 35.5. The molecular weight excluding hydrogens is 407 g/mol. The molecule has 1 aromatic carbocycles. The van der Waals surface area contributed by atoms with E-state index in [2.05, 4.69) is 9.88 Å². The quantitative estimate of drug-likeness (QED) is 0.677. The number of hydrogen-bond acceptors (Lipinski definition) is 4. The highest BCUT2D eigenvalue weighted by Gasteiger charge is 2.30. The van der Waals surface area contributed by atoms with Crippen LogP contribution in [0.2, 0.25) is 10.0 Å². The number of piperidine rings is 1. The average molecular weight is 433 g/mol. The number of carbonyl (C=O) groups is 1. The maximum atomic E-state index is 12.8. The highest BCUT2D eigenvalue weighted by Crippen LogP contribution is 2.34. The van der Waals surface area contributed by atoms with E-state index in [0.29, 0.717) is 22.2 Å². The molecule has 2 aliphatic rings. The Hall–Kier alpha value is -1.69. The first-order valence-corrected chi connectivity index (χ1v) is 11.1. The van der Waals surface area contributed by atoms with Crippen LogP contribution < -0.4 is 0 Å². The Morgan fingerprint density at radius 3 is 2.69 bits per heavy atom. The summed E-state index contributed by atoms with van der Waals surface area (Å²) in [6.07, 6.45) is 7.15. The van der Waals surface area contributed by atoms with Crippen LogP contribution in [0, 0.1) is 6.92 Å². The fourth-order valence-corrected chi connectivity index (χ4v) is 4.70. The van der Waals surface area contributed by atoms with Crippen LogP contribution in [-0.2, 0) is 6.54 Å². The summed E-state index contributed by atoms with van der Waals surface area (Å²) in [6, 6.07) is 5.87. The predicted molar refractivity (Wildman–Crippen MR) is 115 cm³/mol. The van der Waals surface area contributed by atoms with Gasteiger partial charge in [0.2, 0.25) is 0 Å². The van der Waals surface area contributed by atoms with Crippen LogP contribution in [0.3, 0.4) is 0 Å². The lowest BCUT2D eigenvalue weighted by atomic mass is 10.1. The maximum absolute atomic E-state index is 12.8. The van der Waals surface area contributed by atoms with E-state index in [9.17, 15) is 4.79 Å². The number of hydrogen-bond donors (Lipinski definition) is 0. The lowest BCUT2D eigenvalue weighted by Gasteiger charge is -2.27. The molecule has 2 fully saturated rings. The first-order valence-electron chi connectivity index (χ1n) is 10.3. The van der Waals surface area contributed by atoms with Crippen molar-refractivity contribution in [3.05, 3.63) is 57.1 Å². The van der Waals surface area contributed by atoms with Gasteiger partial charge in [0.15, 0.2) is 0 Å². The number of nitrogens with zero attached hydrogens (tertiary/aromatic N) is 4. The molecule has 154 valence electrons. The lowest BCUT2D eigenvalue weighted by molar-refractivity contribution is 0.0722. The Balaban J connectivity index is 1.52. The van der Waals surface area contributed by atoms with Crippen LogP contribution >= 0.6 is 23.2 Å². The number of amides is 1. The van der Waals surface area contributed by atoms with Crippen LogP contribution in [0.5, 0.6) is 0 Å². The van der Waals surface area contributed by atoms with Gasteiger partial charge in [0, 0.05) is 25.8 Å². The molecule has 0 bridgehead atoms. The molecule has 1 amide bonds. The van der Waals surface area contributed by atoms with Gasteiger partial charge in [0.25, 0.3) is 5.91 Å². The van der Waals surface area contributed by atoms with Gasteiger partial charge in [-0.25, -0.2) is 9.97 Å². The second kappa shape index (κ2) is 8.99. The molecular formula is C22H26Cl2N4O. The fourth-order valence-electron chi connectivity index (χ4n) is 4.32. The zero-order valence-electron chi connectivity index (χ0n) is 16.7. The van der Waals surface area contributed by atoms with Crippen LogP contribution in [0.4, 0.5) is 0 Å². The third-order valence-corrected chi connectivity index (χ3v) is 6.80. The predicted octanol–water partition coefficient (Wildman–Crippen LogP) is 5.06. The molecule has 0 saturated carbocycles. The molecule has 0 spiro atoms. The largest absolute Gasteiger partial charge is 0.339 e. The summed E-state index contributed by atoms with van der Waals surface area (Å²) in [4.78, 5) is 26.5. The molecule has 0 aliphatic carbocycles. The molecule has 2 aromatic rings. The van der Waals surface area contributed by atoms with Gasteiger partial charge >= 0.3 is 0 Å². The number of aryl methyl sites for hydroxylation is 1. The van der Waals surface area contributed by atoms with E-state index in [1.165, 1.54) is 6.42 Å². The van der Waals surface area contributed by atoms with Crippen LogP contribution in [0.25, 0.3) is 0 Å². The highest BCUT2D eigenvalue weighted by molar-refractivity contribution is 6.42. The van der Waals surface area contributed by atoms with Crippen LogP contribution in [0.1, 0.15) is 65.6 Å². The minimum Gasteiger partial charge on any atom is -0.339 e. The van der Waals surface area contributed by atoms with Crippen molar-refractivity contribution in [1.29, 1.82) is 0 Å². The number of rotatable bonds is 4. The number of aromatic nitrogens is 2. The Kier molecular flexibility index (Phi) is 6.38. The Labute approximate surface area is 182 Å². The number of benzene rings is 1. The van der Waals surface area contributed by atoms with E-state index >= 15 is 0 Å². The molecule has 0 N–H and O–H groups in total. The van der Waals surface area contributed by atoms with Crippen molar-refractivity contribution in [1.82, 2.24) is 19.8 Å². The van der Waals surface area contributed by atoms with Crippen molar-refractivity contribution in [2.24, 2.45) is 0 Å². The summed E-state index contributed by atoms with van der Waals surface area (Å²) in [5.41, 5.74) is 2.40. The molecule has 2 saturated heterocycles. The average Bonchev–Trinajstić information content (AvgIpc) is 3.20. The summed E-state index contributed by atoms with van der Waals surface area (Å²) < 4.78 is 0. The maximum Gasteiger partial charge on any atom is 0.257 e. The van der Waals surface area contributed by atoms with Crippen molar-refractivity contribution in [2.45, 2.75) is 51.6 Å². The van der Waals surface area contributed by atoms with Gasteiger partial charge in [-0.2, -0.15) is 0 Å². The molecule has 1 atom stereocenters. The van der Waals surface area contributed by atoms with Gasteiger partial charge < -0.3 is 4.90 Å². The molecule has 4 rings (SSSR count). The molecule has 0 unspecified atom stereocenters. The van der Waals surface area contributed by atoms with Crippen molar-refractivity contribution in [3.63, 3.8) is 0 Å². The zero-order chi connectivity index (χ0) is 20.4. The van der Waals surface area contributed by atoms with E-state index in [4.69, 9.17) is 28.2 Å². The topological polar surface area (TPSA) is 49.3 Å². The first-order chi connectivity index (χ1) is 14.0.